The smallest absolute Gasteiger partial charge is 0.322 e. The van der Waals surface area contributed by atoms with Gasteiger partial charge in [0.1, 0.15) is 6.04 Å². The number of fused-ring (bicyclic) bond motifs is 1. The van der Waals surface area contributed by atoms with Crippen LogP contribution < -0.4 is 10.0 Å². The maximum atomic E-state index is 13.2. The molecular formula is C31H30N4O4S. The van der Waals surface area contributed by atoms with Gasteiger partial charge in [-0.15, -0.1) is 0 Å². The average Bonchev–Trinajstić information content (AvgIpc) is 3.30. The fraction of sp³-hybridized carbons (Fsp3) is 0.161. The lowest BCUT2D eigenvalue weighted by Crippen LogP contribution is -2.42. The van der Waals surface area contributed by atoms with E-state index in [4.69, 9.17) is 0 Å². The zero-order chi connectivity index (χ0) is 28.4. The van der Waals surface area contributed by atoms with Crippen LogP contribution in [0.1, 0.15) is 22.3 Å². The fourth-order valence-electron chi connectivity index (χ4n) is 5.01. The van der Waals surface area contributed by atoms with Crippen LogP contribution in [-0.4, -0.2) is 35.5 Å². The first-order chi connectivity index (χ1) is 19.1. The topological polar surface area (TPSA) is 124 Å². The maximum Gasteiger partial charge on any atom is 0.322 e. The number of carboxylic acids is 1. The number of nitrogens with zero attached hydrogens (tertiary/aromatic N) is 1. The number of nitrogens with one attached hydrogen (secondary N) is 3. The van der Waals surface area contributed by atoms with E-state index in [-0.39, 0.29) is 11.3 Å². The highest BCUT2D eigenvalue weighted by Crippen LogP contribution is 2.26. The molecule has 8 nitrogen and oxygen atoms in total. The highest BCUT2D eigenvalue weighted by Gasteiger charge is 2.28. The van der Waals surface area contributed by atoms with Crippen LogP contribution in [0.4, 0.5) is 11.6 Å². The second-order valence-electron chi connectivity index (χ2n) is 9.95. The number of imidazole rings is 1. The summed E-state index contributed by atoms with van der Waals surface area (Å²) < 4.78 is 28.7. The quantitative estimate of drug-likeness (QED) is 0.181. The molecule has 4 N–H and O–H groups in total. The molecule has 0 aliphatic carbocycles. The number of hydrogen-bond acceptors (Lipinski definition) is 5. The summed E-state index contributed by atoms with van der Waals surface area (Å²) in [5, 5.41) is 13.1. The summed E-state index contributed by atoms with van der Waals surface area (Å²) in [6, 6.07) is 25.4. The van der Waals surface area contributed by atoms with Crippen LogP contribution in [0.15, 0.2) is 89.8 Å². The summed E-state index contributed by atoms with van der Waals surface area (Å²) in [6.45, 7) is 5.32. The van der Waals surface area contributed by atoms with E-state index in [2.05, 4.69) is 20.0 Å². The molecule has 5 rings (SSSR count). The summed E-state index contributed by atoms with van der Waals surface area (Å²) in [4.78, 5) is 20.0. The first kappa shape index (κ1) is 27.1. The molecule has 0 bridgehead atoms. The lowest BCUT2D eigenvalue weighted by molar-refractivity contribution is -0.138. The zero-order valence-corrected chi connectivity index (χ0v) is 23.2. The first-order valence-electron chi connectivity index (χ1n) is 12.8. The molecule has 0 saturated carbocycles. The molecule has 1 heterocycles. The van der Waals surface area contributed by atoms with Crippen LogP contribution in [0.5, 0.6) is 0 Å². The molecule has 4 aromatic carbocycles. The van der Waals surface area contributed by atoms with Gasteiger partial charge in [-0.05, 0) is 79.3 Å². The summed E-state index contributed by atoms with van der Waals surface area (Å²) in [6.07, 6.45) is 0.00640. The second kappa shape index (κ2) is 11.0. The van der Waals surface area contributed by atoms with Gasteiger partial charge in [-0.3, -0.25) is 4.79 Å². The first-order valence-corrected chi connectivity index (χ1v) is 14.3. The molecule has 40 heavy (non-hydrogen) atoms. The summed E-state index contributed by atoms with van der Waals surface area (Å²) in [7, 11) is -4.04. The molecule has 0 aliphatic rings. The molecule has 0 amide bonds. The maximum absolute atomic E-state index is 13.2. The largest absolute Gasteiger partial charge is 0.480 e. The number of H-pyrrole nitrogens is 1. The van der Waals surface area contributed by atoms with Gasteiger partial charge in [-0.2, -0.15) is 4.72 Å². The van der Waals surface area contributed by atoms with E-state index in [1.165, 1.54) is 0 Å². The number of aryl methyl sites for hydroxylation is 3. The van der Waals surface area contributed by atoms with E-state index in [0.29, 0.717) is 22.6 Å². The van der Waals surface area contributed by atoms with Gasteiger partial charge in [0.05, 0.1) is 15.9 Å². The number of hydrogen-bond donors (Lipinski definition) is 4. The van der Waals surface area contributed by atoms with Crippen molar-refractivity contribution in [1.29, 1.82) is 0 Å². The SMILES string of the molecule is Cc1cc(C)c(S(=O)(=O)N[C@@H](Cc2ccc(-c3cccc(Nc4nc5ccccc5[nH]4)c3)cc2)C(=O)O)c(C)c1. The Morgan fingerprint density at radius 1 is 0.900 bits per heavy atom. The zero-order valence-electron chi connectivity index (χ0n) is 22.4. The minimum absolute atomic E-state index is 0.00640. The van der Waals surface area contributed by atoms with Gasteiger partial charge >= 0.3 is 5.97 Å². The molecule has 1 atom stereocenters. The van der Waals surface area contributed by atoms with Gasteiger partial charge < -0.3 is 15.4 Å². The molecule has 9 heteroatoms. The van der Waals surface area contributed by atoms with E-state index in [1.807, 2.05) is 79.7 Å². The lowest BCUT2D eigenvalue weighted by Gasteiger charge is -2.18. The van der Waals surface area contributed by atoms with Crippen molar-refractivity contribution in [3.05, 3.63) is 107 Å². The van der Waals surface area contributed by atoms with E-state index in [9.17, 15) is 18.3 Å². The van der Waals surface area contributed by atoms with Crippen molar-refractivity contribution in [2.45, 2.75) is 38.1 Å². The van der Waals surface area contributed by atoms with Crippen molar-refractivity contribution in [2.24, 2.45) is 0 Å². The van der Waals surface area contributed by atoms with Gasteiger partial charge in [0.25, 0.3) is 0 Å². The van der Waals surface area contributed by atoms with E-state index in [1.54, 1.807) is 26.0 Å². The molecule has 0 radical (unpaired) electrons. The molecule has 0 unspecified atom stereocenters. The van der Waals surface area contributed by atoms with Gasteiger partial charge in [0, 0.05) is 5.69 Å². The third-order valence-corrected chi connectivity index (χ3v) is 8.49. The molecule has 0 saturated heterocycles. The molecule has 1 aromatic heterocycles. The van der Waals surface area contributed by atoms with Crippen LogP contribution in [0.25, 0.3) is 22.2 Å². The number of benzene rings is 4. The minimum atomic E-state index is -4.04. The second-order valence-corrected chi connectivity index (χ2v) is 11.6. The monoisotopic (exact) mass is 554 g/mol. The van der Waals surface area contributed by atoms with Crippen molar-refractivity contribution in [1.82, 2.24) is 14.7 Å². The Bertz CT molecular complexity index is 1760. The Kier molecular flexibility index (Phi) is 7.42. The highest BCUT2D eigenvalue weighted by molar-refractivity contribution is 7.89. The predicted octanol–water partition coefficient (Wildman–Crippen LogP) is 5.87. The van der Waals surface area contributed by atoms with Gasteiger partial charge in [0.2, 0.25) is 16.0 Å². The van der Waals surface area contributed by atoms with E-state index in [0.717, 1.165) is 33.4 Å². The molecular weight excluding hydrogens is 524 g/mol. The normalized spacial score (nSPS) is 12.4. The highest BCUT2D eigenvalue weighted by atomic mass is 32.2. The Labute approximate surface area is 233 Å². The van der Waals surface area contributed by atoms with E-state index >= 15 is 0 Å². The number of aromatic amines is 1. The minimum Gasteiger partial charge on any atom is -0.480 e. The standard InChI is InChI=1S/C31H30N4O4S/c1-19-15-20(2)29(21(3)16-19)40(38,39)35-28(30(36)37)17-22-11-13-23(14-12-22)24-7-6-8-25(18-24)32-31-33-26-9-4-5-10-27(26)34-31/h4-16,18,28,35H,17H2,1-3H3,(H,36,37)(H2,32,33,34)/t28-/m0/s1. The number of rotatable bonds is 9. The van der Waals surface area contributed by atoms with Crippen molar-refractivity contribution in [2.75, 3.05) is 5.32 Å². The fourth-order valence-corrected chi connectivity index (χ4v) is 6.65. The number of carbonyl (C=O) groups is 1. The Hall–Kier alpha value is -4.47. The van der Waals surface area contributed by atoms with Crippen molar-refractivity contribution >= 4 is 38.7 Å². The van der Waals surface area contributed by atoms with Crippen molar-refractivity contribution in [3.63, 3.8) is 0 Å². The summed E-state index contributed by atoms with van der Waals surface area (Å²) >= 11 is 0. The number of carboxylic acid groups (broad SMARTS) is 1. The third-order valence-electron chi connectivity index (χ3n) is 6.71. The van der Waals surface area contributed by atoms with Crippen LogP contribution in [0.2, 0.25) is 0 Å². The molecule has 5 aromatic rings. The van der Waals surface area contributed by atoms with Crippen molar-refractivity contribution < 1.29 is 18.3 Å². The summed E-state index contributed by atoms with van der Waals surface area (Å²) in [5.74, 6) is -0.591. The number of para-hydroxylation sites is 2. The van der Waals surface area contributed by atoms with Crippen LogP contribution >= 0.6 is 0 Å². The van der Waals surface area contributed by atoms with E-state index < -0.39 is 22.0 Å². The Morgan fingerprint density at radius 2 is 1.60 bits per heavy atom. The number of anilines is 2. The van der Waals surface area contributed by atoms with Crippen molar-refractivity contribution in [3.8, 4) is 11.1 Å². The Morgan fingerprint density at radius 3 is 2.27 bits per heavy atom. The van der Waals surface area contributed by atoms with Gasteiger partial charge in [-0.25, -0.2) is 13.4 Å². The van der Waals surface area contributed by atoms with Gasteiger partial charge in [-0.1, -0.05) is 66.2 Å². The third kappa shape index (κ3) is 5.90. The predicted molar refractivity (Wildman–Crippen MR) is 157 cm³/mol. The molecule has 204 valence electrons. The molecule has 0 fully saturated rings. The Balaban J connectivity index is 1.31. The number of aromatic nitrogens is 2. The number of aliphatic carboxylic acids is 1. The average molecular weight is 555 g/mol. The lowest BCUT2D eigenvalue weighted by atomic mass is 10.0. The molecule has 0 spiro atoms. The van der Waals surface area contributed by atoms with Crippen LogP contribution in [0, 0.1) is 20.8 Å². The number of sulfonamides is 1. The van der Waals surface area contributed by atoms with Crippen LogP contribution in [0.3, 0.4) is 0 Å². The van der Waals surface area contributed by atoms with Gasteiger partial charge in [0.15, 0.2) is 0 Å². The summed E-state index contributed by atoms with van der Waals surface area (Å²) in [5.41, 5.74) is 7.40. The van der Waals surface area contributed by atoms with Crippen LogP contribution in [-0.2, 0) is 21.2 Å². The molecule has 0 aliphatic heterocycles.